The van der Waals surface area contributed by atoms with Gasteiger partial charge < -0.3 is 25.0 Å². The maximum absolute atomic E-state index is 12.3. The van der Waals surface area contributed by atoms with Gasteiger partial charge in [-0.2, -0.15) is 0 Å². The number of anilines is 1. The molecular weight excluding hydrogens is 334 g/mol. The standard InChI is InChI=1S/C16H25N3O4.ClH/c1-17-8-6-7-15(20)18-12-10-14(23-5)13(22-4)9-11(12)16(21)19(2)3;/h9-10,17H,6-8H2,1-5H3,(H,18,20);1H. The second-order valence-electron chi connectivity index (χ2n) is 5.21. The van der Waals surface area contributed by atoms with Crippen molar-refractivity contribution in [2.45, 2.75) is 12.8 Å². The van der Waals surface area contributed by atoms with Gasteiger partial charge in [-0.05, 0) is 26.1 Å². The molecule has 0 aromatic heterocycles. The largest absolute Gasteiger partial charge is 0.493 e. The quantitative estimate of drug-likeness (QED) is 0.691. The van der Waals surface area contributed by atoms with Crippen molar-refractivity contribution in [2.75, 3.05) is 47.2 Å². The summed E-state index contributed by atoms with van der Waals surface area (Å²) >= 11 is 0. The van der Waals surface area contributed by atoms with Gasteiger partial charge in [-0.3, -0.25) is 9.59 Å². The number of ether oxygens (including phenoxy) is 2. The number of halogens is 1. The van der Waals surface area contributed by atoms with Crippen LogP contribution in [0.4, 0.5) is 5.69 Å². The first-order chi connectivity index (χ1) is 10.9. The maximum Gasteiger partial charge on any atom is 0.255 e. The van der Waals surface area contributed by atoms with E-state index in [0.717, 1.165) is 6.54 Å². The monoisotopic (exact) mass is 359 g/mol. The summed E-state index contributed by atoms with van der Waals surface area (Å²) in [7, 11) is 8.14. The molecule has 0 saturated carbocycles. The fraction of sp³-hybridized carbons (Fsp3) is 0.500. The molecular formula is C16H26ClN3O4. The molecule has 0 radical (unpaired) electrons. The molecule has 7 nitrogen and oxygen atoms in total. The molecule has 2 amide bonds. The van der Waals surface area contributed by atoms with E-state index in [1.807, 2.05) is 7.05 Å². The third-order valence-electron chi connectivity index (χ3n) is 3.27. The predicted molar refractivity (Wildman–Crippen MR) is 96.6 cm³/mol. The van der Waals surface area contributed by atoms with Crippen LogP contribution in [0.3, 0.4) is 0 Å². The lowest BCUT2D eigenvalue weighted by molar-refractivity contribution is -0.116. The molecule has 8 heteroatoms. The van der Waals surface area contributed by atoms with E-state index in [2.05, 4.69) is 10.6 Å². The van der Waals surface area contributed by atoms with Crippen molar-refractivity contribution in [2.24, 2.45) is 0 Å². The average molecular weight is 360 g/mol. The first-order valence-corrected chi connectivity index (χ1v) is 7.36. The minimum atomic E-state index is -0.225. The minimum absolute atomic E-state index is 0. The zero-order chi connectivity index (χ0) is 17.4. The first kappa shape index (κ1) is 22.0. The van der Waals surface area contributed by atoms with Gasteiger partial charge in [0, 0.05) is 26.6 Å². The molecule has 1 rings (SSSR count). The van der Waals surface area contributed by atoms with Gasteiger partial charge in [0.25, 0.3) is 5.91 Å². The van der Waals surface area contributed by atoms with Crippen molar-refractivity contribution in [3.63, 3.8) is 0 Å². The van der Waals surface area contributed by atoms with Crippen molar-refractivity contribution >= 4 is 29.9 Å². The Bertz CT molecular complexity index is 564. The van der Waals surface area contributed by atoms with Crippen LogP contribution in [-0.4, -0.2) is 58.6 Å². The number of carbonyl (C=O) groups is 2. The fourth-order valence-corrected chi connectivity index (χ4v) is 2.04. The lowest BCUT2D eigenvalue weighted by atomic mass is 10.1. The van der Waals surface area contributed by atoms with Crippen LogP contribution < -0.4 is 20.1 Å². The Hall–Kier alpha value is -1.99. The summed E-state index contributed by atoms with van der Waals surface area (Å²) in [5.74, 6) is 0.510. The maximum atomic E-state index is 12.3. The Labute approximate surface area is 149 Å². The van der Waals surface area contributed by atoms with Crippen LogP contribution in [-0.2, 0) is 4.79 Å². The third kappa shape index (κ3) is 5.90. The van der Waals surface area contributed by atoms with Crippen LogP contribution in [0.25, 0.3) is 0 Å². The molecule has 1 aromatic carbocycles. The summed E-state index contributed by atoms with van der Waals surface area (Å²) in [5, 5.41) is 5.77. The molecule has 1 aromatic rings. The predicted octanol–water partition coefficient (Wildman–Crippen LogP) is 1.77. The van der Waals surface area contributed by atoms with Crippen LogP contribution >= 0.6 is 12.4 Å². The van der Waals surface area contributed by atoms with Crippen molar-refractivity contribution < 1.29 is 19.1 Å². The molecule has 0 fully saturated rings. The van der Waals surface area contributed by atoms with Gasteiger partial charge in [-0.25, -0.2) is 0 Å². The van der Waals surface area contributed by atoms with Crippen molar-refractivity contribution in [1.29, 1.82) is 0 Å². The molecule has 0 aliphatic carbocycles. The number of carbonyl (C=O) groups excluding carboxylic acids is 2. The van der Waals surface area contributed by atoms with E-state index in [0.29, 0.717) is 35.6 Å². The highest BCUT2D eigenvalue weighted by Crippen LogP contribution is 2.34. The first-order valence-electron chi connectivity index (χ1n) is 7.36. The van der Waals surface area contributed by atoms with Gasteiger partial charge in [-0.15, -0.1) is 12.4 Å². The van der Waals surface area contributed by atoms with Gasteiger partial charge in [-0.1, -0.05) is 0 Å². The van der Waals surface area contributed by atoms with E-state index < -0.39 is 0 Å². The summed E-state index contributed by atoms with van der Waals surface area (Å²) in [6.07, 6.45) is 1.08. The van der Waals surface area contributed by atoms with Gasteiger partial charge in [0.15, 0.2) is 11.5 Å². The Balaban J connectivity index is 0.00000529. The number of hydrogen-bond donors (Lipinski definition) is 2. The zero-order valence-electron chi connectivity index (χ0n) is 14.8. The second-order valence-corrected chi connectivity index (χ2v) is 5.21. The number of nitrogens with zero attached hydrogens (tertiary/aromatic N) is 1. The number of nitrogens with one attached hydrogen (secondary N) is 2. The van der Waals surface area contributed by atoms with Gasteiger partial charge >= 0.3 is 0 Å². The highest BCUT2D eigenvalue weighted by Gasteiger charge is 2.19. The number of benzene rings is 1. The molecule has 136 valence electrons. The van der Waals surface area contributed by atoms with Gasteiger partial charge in [0.1, 0.15) is 0 Å². The molecule has 2 N–H and O–H groups in total. The average Bonchev–Trinajstić information content (AvgIpc) is 2.53. The second kappa shape index (κ2) is 10.7. The van der Waals surface area contributed by atoms with E-state index in [9.17, 15) is 9.59 Å². The number of methoxy groups -OCH3 is 2. The number of amides is 2. The lowest BCUT2D eigenvalue weighted by Crippen LogP contribution is -2.24. The van der Waals surface area contributed by atoms with Crippen LogP contribution in [0.5, 0.6) is 11.5 Å². The molecule has 0 aliphatic heterocycles. The summed E-state index contributed by atoms with van der Waals surface area (Å²) in [6.45, 7) is 0.753. The molecule has 0 aliphatic rings. The highest BCUT2D eigenvalue weighted by molar-refractivity contribution is 6.04. The highest BCUT2D eigenvalue weighted by atomic mass is 35.5. The van der Waals surface area contributed by atoms with Gasteiger partial charge in [0.05, 0.1) is 25.5 Å². The summed E-state index contributed by atoms with van der Waals surface area (Å²) in [4.78, 5) is 25.8. The van der Waals surface area contributed by atoms with Gasteiger partial charge in [0.2, 0.25) is 5.91 Å². The van der Waals surface area contributed by atoms with Crippen LogP contribution in [0.1, 0.15) is 23.2 Å². The van der Waals surface area contributed by atoms with Crippen LogP contribution in [0.2, 0.25) is 0 Å². The molecule has 0 unspecified atom stereocenters. The van der Waals surface area contributed by atoms with Crippen molar-refractivity contribution in [1.82, 2.24) is 10.2 Å². The minimum Gasteiger partial charge on any atom is -0.493 e. The molecule has 0 atom stereocenters. The van der Waals surface area contributed by atoms with E-state index in [-0.39, 0.29) is 24.2 Å². The SMILES string of the molecule is CNCCCC(=O)Nc1cc(OC)c(OC)cc1C(=O)N(C)C.Cl. The van der Waals surface area contributed by atoms with Crippen molar-refractivity contribution in [3.05, 3.63) is 17.7 Å². The smallest absolute Gasteiger partial charge is 0.255 e. The molecule has 0 spiro atoms. The topological polar surface area (TPSA) is 79.9 Å². The molecule has 24 heavy (non-hydrogen) atoms. The Morgan fingerprint density at radius 1 is 1.12 bits per heavy atom. The molecule has 0 bridgehead atoms. The number of hydrogen-bond acceptors (Lipinski definition) is 5. The normalized spacial score (nSPS) is 9.71. The zero-order valence-corrected chi connectivity index (χ0v) is 15.6. The Morgan fingerprint density at radius 2 is 1.71 bits per heavy atom. The van der Waals surface area contributed by atoms with Crippen LogP contribution in [0.15, 0.2) is 12.1 Å². The third-order valence-corrected chi connectivity index (χ3v) is 3.27. The summed E-state index contributed by atoms with van der Waals surface area (Å²) in [5.41, 5.74) is 0.769. The van der Waals surface area contributed by atoms with E-state index in [1.54, 1.807) is 26.2 Å². The Morgan fingerprint density at radius 3 is 2.21 bits per heavy atom. The summed E-state index contributed by atoms with van der Waals surface area (Å²) in [6, 6.07) is 3.18. The number of rotatable bonds is 8. The van der Waals surface area contributed by atoms with E-state index in [1.165, 1.54) is 19.1 Å². The Kier molecular flexibility index (Phi) is 9.83. The van der Waals surface area contributed by atoms with Crippen LogP contribution in [0, 0.1) is 0 Å². The lowest BCUT2D eigenvalue weighted by Gasteiger charge is -2.18. The summed E-state index contributed by atoms with van der Waals surface area (Å²) < 4.78 is 10.5. The van der Waals surface area contributed by atoms with Crippen molar-refractivity contribution in [3.8, 4) is 11.5 Å². The fourth-order valence-electron chi connectivity index (χ4n) is 2.04. The van der Waals surface area contributed by atoms with E-state index >= 15 is 0 Å². The molecule has 0 saturated heterocycles. The van der Waals surface area contributed by atoms with E-state index in [4.69, 9.17) is 9.47 Å². The molecule has 0 heterocycles.